The first kappa shape index (κ1) is 19.9. The van der Waals surface area contributed by atoms with Crippen LogP contribution in [0, 0.1) is 11.7 Å². The van der Waals surface area contributed by atoms with E-state index in [0.29, 0.717) is 32.5 Å². The van der Waals surface area contributed by atoms with Gasteiger partial charge in [-0.05, 0) is 41.4 Å². The van der Waals surface area contributed by atoms with Crippen LogP contribution < -0.4 is 9.64 Å². The molecule has 4 aliphatic rings. The zero-order valence-corrected chi connectivity index (χ0v) is 19.9. The van der Waals surface area contributed by atoms with Crippen LogP contribution in [0.4, 0.5) is 19.0 Å². The highest BCUT2D eigenvalue weighted by atomic mass is 79.9. The second-order valence-corrected chi connectivity index (χ2v) is 10.4. The predicted molar refractivity (Wildman–Crippen MR) is 121 cm³/mol. The number of ether oxygens (including phenoxy) is 2. The molecule has 1 aromatic carbocycles. The Kier molecular flexibility index (Phi) is 4.88. The molecule has 6 nitrogen and oxygen atoms in total. The van der Waals surface area contributed by atoms with Crippen molar-refractivity contribution in [3.8, 4) is 6.01 Å². The molecule has 0 spiro atoms. The van der Waals surface area contributed by atoms with Gasteiger partial charge in [0, 0.05) is 30.8 Å². The average molecular weight is 550 g/mol. The summed E-state index contributed by atoms with van der Waals surface area (Å²) in [7, 11) is 0. The Morgan fingerprint density at radius 3 is 3.06 bits per heavy atom. The first-order chi connectivity index (χ1) is 16.6. The molecule has 0 unspecified atom stereocenters. The number of alkyl halides is 2. The molecule has 5 atom stereocenters. The number of aromatic nitrogens is 2. The molecule has 11 heteroatoms. The fraction of sp³-hybridized carbons (Fsp3) is 0.636. The van der Waals surface area contributed by atoms with Crippen molar-refractivity contribution in [3.05, 3.63) is 21.4 Å². The van der Waals surface area contributed by atoms with Gasteiger partial charge in [-0.2, -0.15) is 9.97 Å². The molecule has 33 heavy (non-hydrogen) atoms. The predicted octanol–water partition coefficient (Wildman–Crippen LogP) is 4.31. The number of anilines is 1. The van der Waals surface area contributed by atoms with Crippen LogP contribution in [0.3, 0.4) is 0 Å². The molecule has 0 bridgehead atoms. The van der Waals surface area contributed by atoms with E-state index in [-0.39, 0.29) is 51.7 Å². The monoisotopic (exact) mass is 548 g/mol. The summed E-state index contributed by atoms with van der Waals surface area (Å²) in [6, 6.07) is 0.597. The third-order valence-corrected chi connectivity index (χ3v) is 8.47. The number of rotatable bonds is 4. The topological polar surface area (TPSA) is 50.7 Å². The Labute approximate surface area is 205 Å². The van der Waals surface area contributed by atoms with E-state index in [1.165, 1.54) is 6.07 Å². The van der Waals surface area contributed by atoms with Crippen molar-refractivity contribution in [2.24, 2.45) is 5.92 Å². The highest BCUT2D eigenvalue weighted by molar-refractivity contribution is 9.10. The first-order valence-corrected chi connectivity index (χ1v) is 12.2. The zero-order chi connectivity index (χ0) is 24.7. The van der Waals surface area contributed by atoms with Crippen LogP contribution in [0.5, 0.6) is 6.01 Å². The second kappa shape index (κ2) is 8.10. The molecule has 4 fully saturated rings. The Balaban J connectivity index is 1.46. The molecule has 3 aliphatic heterocycles. The lowest BCUT2D eigenvalue weighted by atomic mass is 9.95. The summed E-state index contributed by atoms with van der Waals surface area (Å²) in [6.45, 7) is -0.728. The largest absolute Gasteiger partial charge is 0.461 e. The van der Waals surface area contributed by atoms with Crippen LogP contribution in [-0.4, -0.2) is 78.2 Å². The minimum Gasteiger partial charge on any atom is -0.461 e. The van der Waals surface area contributed by atoms with E-state index < -0.39 is 42.3 Å². The fourth-order valence-corrected chi connectivity index (χ4v) is 5.98. The Morgan fingerprint density at radius 1 is 1.36 bits per heavy atom. The van der Waals surface area contributed by atoms with Crippen molar-refractivity contribution in [1.82, 2.24) is 14.9 Å². The van der Waals surface area contributed by atoms with Gasteiger partial charge >= 0.3 is 6.01 Å². The smallest absolute Gasteiger partial charge is 0.319 e. The van der Waals surface area contributed by atoms with Crippen molar-refractivity contribution < 1.29 is 25.4 Å². The number of hydrogen-bond donors (Lipinski definition) is 0. The van der Waals surface area contributed by atoms with Gasteiger partial charge in [0.1, 0.15) is 30.2 Å². The van der Waals surface area contributed by atoms with Gasteiger partial charge < -0.3 is 14.4 Å². The maximum atomic E-state index is 15.3. The summed E-state index contributed by atoms with van der Waals surface area (Å²) in [4.78, 5) is 12.1. The summed E-state index contributed by atoms with van der Waals surface area (Å²) >= 11 is 9.35. The van der Waals surface area contributed by atoms with Crippen LogP contribution in [0.2, 0.25) is 5.02 Å². The molecule has 0 N–H and O–H groups in total. The average Bonchev–Trinajstić information content (AvgIpc) is 3.15. The molecule has 0 amide bonds. The van der Waals surface area contributed by atoms with Crippen LogP contribution in [0.25, 0.3) is 10.9 Å². The minimum absolute atomic E-state index is 0.00577. The third-order valence-electron chi connectivity index (χ3n) is 7.17. The van der Waals surface area contributed by atoms with E-state index in [0.717, 1.165) is 0 Å². The number of hydrogen-bond acceptors (Lipinski definition) is 6. The lowest BCUT2D eigenvalue weighted by Gasteiger charge is -2.31. The molecule has 4 heterocycles. The fourth-order valence-electron chi connectivity index (χ4n) is 5.49. The summed E-state index contributed by atoms with van der Waals surface area (Å²) in [5.74, 6) is -0.896. The van der Waals surface area contributed by atoms with Gasteiger partial charge in [-0.3, -0.25) is 4.90 Å². The van der Waals surface area contributed by atoms with Crippen molar-refractivity contribution in [2.45, 2.75) is 43.2 Å². The number of halogens is 5. The lowest BCUT2D eigenvalue weighted by Crippen LogP contribution is -2.43. The van der Waals surface area contributed by atoms with Gasteiger partial charge in [-0.15, -0.1) is 0 Å². The molecule has 1 aliphatic carbocycles. The van der Waals surface area contributed by atoms with Crippen LogP contribution >= 0.6 is 27.5 Å². The van der Waals surface area contributed by atoms with Crippen LogP contribution in [-0.2, 0) is 4.74 Å². The number of benzene rings is 1. The highest BCUT2D eigenvalue weighted by Crippen LogP contribution is 2.46. The maximum absolute atomic E-state index is 15.3. The normalized spacial score (nSPS) is 35.1. The van der Waals surface area contributed by atoms with E-state index in [2.05, 4.69) is 25.9 Å². The molecular weight excluding hydrogens is 525 g/mol. The Morgan fingerprint density at radius 2 is 2.21 bits per heavy atom. The van der Waals surface area contributed by atoms with Gasteiger partial charge in [0.2, 0.25) is 0 Å². The number of fused-ring (bicyclic) bond motifs is 3. The van der Waals surface area contributed by atoms with Gasteiger partial charge in [-0.25, -0.2) is 13.2 Å². The first-order valence-electron chi connectivity index (χ1n) is 12.0. The standard InChI is InChI=1S/C22H23BrClF3N4O2/c23-15-14(24)6-12-18(17(15)27)28-21(33-10-22-2-1-3-30(22)8-11(25)7-22)29-20(12)31-4-5-32-9-13-16(26)19(13)31/h6,11,13,16,19H,1-5,7-10H2/t11-,13+,16+,19+,22+/m1/s1/i10D2. The molecular formula is C22H23BrClF3N4O2. The van der Waals surface area contributed by atoms with E-state index in [9.17, 15) is 8.78 Å². The van der Waals surface area contributed by atoms with Crippen molar-refractivity contribution in [2.75, 3.05) is 44.3 Å². The molecule has 178 valence electrons. The highest BCUT2D eigenvalue weighted by Gasteiger charge is 2.56. The summed E-state index contributed by atoms with van der Waals surface area (Å²) < 4.78 is 73.0. The van der Waals surface area contributed by atoms with Crippen LogP contribution in [0.15, 0.2) is 10.5 Å². The number of nitrogens with zero attached hydrogens (tertiary/aromatic N) is 4. The van der Waals surface area contributed by atoms with Gasteiger partial charge in [-0.1, -0.05) is 11.6 Å². The summed E-state index contributed by atoms with van der Waals surface area (Å²) in [5.41, 5.74) is -1.29. The van der Waals surface area contributed by atoms with E-state index in [4.69, 9.17) is 23.8 Å². The van der Waals surface area contributed by atoms with Crippen molar-refractivity contribution in [3.63, 3.8) is 0 Å². The van der Waals surface area contributed by atoms with Gasteiger partial charge in [0.15, 0.2) is 5.82 Å². The molecule has 6 rings (SSSR count). The Bertz CT molecular complexity index is 1200. The van der Waals surface area contributed by atoms with E-state index in [1.807, 2.05) is 0 Å². The van der Waals surface area contributed by atoms with Gasteiger partial charge in [0.05, 0.1) is 37.0 Å². The van der Waals surface area contributed by atoms with Crippen LogP contribution in [0.1, 0.15) is 22.0 Å². The molecule has 2 aromatic rings. The van der Waals surface area contributed by atoms with Gasteiger partial charge in [0.25, 0.3) is 0 Å². The molecule has 1 saturated carbocycles. The van der Waals surface area contributed by atoms with E-state index in [1.54, 1.807) is 9.80 Å². The van der Waals surface area contributed by atoms with Crippen molar-refractivity contribution >= 4 is 44.3 Å². The summed E-state index contributed by atoms with van der Waals surface area (Å²) in [5, 5.41) is 0.355. The second-order valence-electron chi connectivity index (χ2n) is 9.17. The quantitative estimate of drug-likeness (QED) is 0.530. The lowest BCUT2D eigenvalue weighted by molar-refractivity contribution is 0.107. The maximum Gasteiger partial charge on any atom is 0.319 e. The SMILES string of the molecule is [2H]C([2H])(Oc1nc(N2CCOC[C@H]3[C@H](F)[C@H]32)c2cc(Cl)c(Br)c(F)c2n1)[C@@]12CCCN1C[C@H](F)C2. The molecule has 3 saturated heterocycles. The zero-order valence-electron chi connectivity index (χ0n) is 19.5. The third kappa shape index (κ3) is 3.59. The minimum atomic E-state index is -2.35. The van der Waals surface area contributed by atoms with E-state index >= 15 is 4.39 Å². The summed E-state index contributed by atoms with van der Waals surface area (Å²) in [6.07, 6.45) is -1.16. The molecule has 1 aromatic heterocycles. The molecule has 0 radical (unpaired) electrons. The van der Waals surface area contributed by atoms with Crippen molar-refractivity contribution in [1.29, 1.82) is 0 Å². The Hall–Kier alpha value is -1.36.